The normalized spacial score (nSPS) is 16.1. The van der Waals surface area contributed by atoms with Crippen molar-refractivity contribution in [1.29, 1.82) is 0 Å². The van der Waals surface area contributed by atoms with Crippen LogP contribution in [0.4, 0.5) is 0 Å². The van der Waals surface area contributed by atoms with E-state index in [9.17, 15) is 13.2 Å². The highest BCUT2D eigenvalue weighted by molar-refractivity contribution is 7.89. The number of sulfonamides is 1. The summed E-state index contributed by atoms with van der Waals surface area (Å²) in [6.45, 7) is 1.22. The molecule has 1 aromatic heterocycles. The van der Waals surface area contributed by atoms with Gasteiger partial charge in [-0.05, 0) is 24.3 Å². The molecule has 0 unspecified atom stereocenters. The second-order valence-electron chi connectivity index (χ2n) is 5.38. The Morgan fingerprint density at radius 1 is 1.00 bits per heavy atom. The molecule has 126 valence electrons. The molecule has 0 spiro atoms. The number of hydrogen-bond donors (Lipinski definition) is 0. The van der Waals surface area contributed by atoms with Gasteiger partial charge in [0, 0.05) is 37.9 Å². The number of rotatable bonds is 3. The summed E-state index contributed by atoms with van der Waals surface area (Å²) < 4.78 is 26.5. The SMILES string of the molecule is O=C(c1ccccc1)N1CCN(S(=O)(=O)c2ccc(Cl)nc2)CC1. The first-order valence-corrected chi connectivity index (χ1v) is 9.26. The molecule has 0 radical (unpaired) electrons. The summed E-state index contributed by atoms with van der Waals surface area (Å²) in [6.07, 6.45) is 1.25. The van der Waals surface area contributed by atoms with Crippen LogP contribution in [0, 0.1) is 0 Å². The summed E-state index contributed by atoms with van der Waals surface area (Å²) in [5, 5.41) is 0.243. The second-order valence-corrected chi connectivity index (χ2v) is 7.70. The fraction of sp³-hybridized carbons (Fsp3) is 0.250. The number of amides is 1. The zero-order valence-electron chi connectivity index (χ0n) is 12.8. The Bertz CT molecular complexity index is 817. The van der Waals surface area contributed by atoms with Gasteiger partial charge in [0.25, 0.3) is 5.91 Å². The molecule has 2 aromatic rings. The molecular formula is C16H16ClN3O3S. The van der Waals surface area contributed by atoms with Crippen molar-refractivity contribution in [2.75, 3.05) is 26.2 Å². The average molecular weight is 366 g/mol. The lowest BCUT2D eigenvalue weighted by Gasteiger charge is -2.34. The first-order valence-electron chi connectivity index (χ1n) is 7.44. The fourth-order valence-electron chi connectivity index (χ4n) is 2.56. The van der Waals surface area contributed by atoms with Crippen molar-refractivity contribution >= 4 is 27.5 Å². The van der Waals surface area contributed by atoms with E-state index < -0.39 is 10.0 Å². The van der Waals surface area contributed by atoms with E-state index in [1.165, 1.54) is 22.6 Å². The van der Waals surface area contributed by atoms with Crippen LogP contribution in [0.2, 0.25) is 5.15 Å². The van der Waals surface area contributed by atoms with Crippen molar-refractivity contribution in [2.24, 2.45) is 0 Å². The highest BCUT2D eigenvalue weighted by Crippen LogP contribution is 2.19. The Hall–Kier alpha value is -1.96. The van der Waals surface area contributed by atoms with Crippen LogP contribution in [0.1, 0.15) is 10.4 Å². The Balaban J connectivity index is 1.68. The molecule has 1 aromatic carbocycles. The van der Waals surface area contributed by atoms with Gasteiger partial charge < -0.3 is 4.90 Å². The zero-order chi connectivity index (χ0) is 17.2. The molecule has 1 fully saturated rings. The van der Waals surface area contributed by atoms with Crippen molar-refractivity contribution in [2.45, 2.75) is 4.90 Å². The van der Waals surface area contributed by atoms with Gasteiger partial charge in [0.15, 0.2) is 0 Å². The van der Waals surface area contributed by atoms with Gasteiger partial charge in [-0.1, -0.05) is 29.8 Å². The van der Waals surface area contributed by atoms with Crippen LogP contribution < -0.4 is 0 Å². The molecule has 0 N–H and O–H groups in total. The Kier molecular flexibility index (Phi) is 4.84. The van der Waals surface area contributed by atoms with Gasteiger partial charge in [0.1, 0.15) is 10.0 Å². The Morgan fingerprint density at radius 3 is 2.25 bits per heavy atom. The maximum atomic E-state index is 12.6. The topological polar surface area (TPSA) is 70.6 Å². The molecule has 2 heterocycles. The van der Waals surface area contributed by atoms with E-state index in [-0.39, 0.29) is 29.0 Å². The molecule has 3 rings (SSSR count). The first-order chi connectivity index (χ1) is 11.5. The van der Waals surface area contributed by atoms with Gasteiger partial charge in [-0.3, -0.25) is 4.79 Å². The fourth-order valence-corrected chi connectivity index (χ4v) is 4.04. The van der Waals surface area contributed by atoms with E-state index in [2.05, 4.69) is 4.98 Å². The number of carbonyl (C=O) groups is 1. The summed E-state index contributed by atoms with van der Waals surface area (Å²) in [5.41, 5.74) is 0.607. The second kappa shape index (κ2) is 6.88. The van der Waals surface area contributed by atoms with Gasteiger partial charge in [-0.15, -0.1) is 0 Å². The van der Waals surface area contributed by atoms with Crippen LogP contribution in [0.25, 0.3) is 0 Å². The molecule has 1 aliphatic rings. The van der Waals surface area contributed by atoms with Gasteiger partial charge in [0.05, 0.1) is 0 Å². The van der Waals surface area contributed by atoms with Crippen LogP contribution in [0.5, 0.6) is 0 Å². The quantitative estimate of drug-likeness (QED) is 0.779. The summed E-state index contributed by atoms with van der Waals surface area (Å²) in [6, 6.07) is 11.9. The minimum Gasteiger partial charge on any atom is -0.336 e. The number of piperazine rings is 1. The van der Waals surface area contributed by atoms with Crippen molar-refractivity contribution < 1.29 is 13.2 Å². The Morgan fingerprint density at radius 2 is 1.67 bits per heavy atom. The van der Waals surface area contributed by atoms with E-state index in [1.54, 1.807) is 17.0 Å². The number of benzene rings is 1. The molecule has 0 aliphatic carbocycles. The van der Waals surface area contributed by atoms with Crippen LogP contribution in [-0.2, 0) is 10.0 Å². The van der Waals surface area contributed by atoms with Gasteiger partial charge in [-0.25, -0.2) is 13.4 Å². The standard InChI is InChI=1S/C16H16ClN3O3S/c17-15-7-6-14(12-18-15)24(22,23)20-10-8-19(9-11-20)16(21)13-4-2-1-3-5-13/h1-7,12H,8-11H2. The summed E-state index contributed by atoms with van der Waals surface area (Å²) in [4.78, 5) is 18.0. The molecule has 1 amide bonds. The monoisotopic (exact) mass is 365 g/mol. The van der Waals surface area contributed by atoms with Crippen LogP contribution in [0.3, 0.4) is 0 Å². The number of carbonyl (C=O) groups excluding carboxylic acids is 1. The molecule has 0 atom stereocenters. The lowest BCUT2D eigenvalue weighted by Crippen LogP contribution is -2.50. The lowest BCUT2D eigenvalue weighted by molar-refractivity contribution is 0.0698. The van der Waals surface area contributed by atoms with Gasteiger partial charge in [0.2, 0.25) is 10.0 Å². The van der Waals surface area contributed by atoms with E-state index >= 15 is 0 Å². The van der Waals surface area contributed by atoms with E-state index in [4.69, 9.17) is 11.6 Å². The number of nitrogens with zero attached hydrogens (tertiary/aromatic N) is 3. The molecule has 1 saturated heterocycles. The molecule has 24 heavy (non-hydrogen) atoms. The molecule has 1 aliphatic heterocycles. The van der Waals surface area contributed by atoms with Crippen molar-refractivity contribution in [3.63, 3.8) is 0 Å². The number of aromatic nitrogens is 1. The van der Waals surface area contributed by atoms with Crippen molar-refractivity contribution in [3.05, 3.63) is 59.4 Å². The van der Waals surface area contributed by atoms with Crippen LogP contribution >= 0.6 is 11.6 Å². The number of pyridine rings is 1. The highest BCUT2D eigenvalue weighted by Gasteiger charge is 2.30. The summed E-state index contributed by atoms with van der Waals surface area (Å²) in [5.74, 6) is -0.0826. The number of halogens is 1. The van der Waals surface area contributed by atoms with E-state index in [1.807, 2.05) is 18.2 Å². The lowest BCUT2D eigenvalue weighted by atomic mass is 10.2. The molecule has 0 saturated carbocycles. The third-order valence-corrected chi connectivity index (χ3v) is 5.99. The number of hydrogen-bond acceptors (Lipinski definition) is 4. The first kappa shape index (κ1) is 16.9. The van der Waals surface area contributed by atoms with Gasteiger partial charge >= 0.3 is 0 Å². The largest absolute Gasteiger partial charge is 0.336 e. The maximum absolute atomic E-state index is 12.6. The smallest absolute Gasteiger partial charge is 0.253 e. The minimum atomic E-state index is -3.62. The molecule has 8 heteroatoms. The average Bonchev–Trinajstić information content (AvgIpc) is 2.62. The predicted molar refractivity (Wildman–Crippen MR) is 90.4 cm³/mol. The van der Waals surface area contributed by atoms with Crippen LogP contribution in [-0.4, -0.2) is 54.7 Å². The van der Waals surface area contributed by atoms with E-state index in [0.29, 0.717) is 18.7 Å². The Labute approximate surface area is 145 Å². The maximum Gasteiger partial charge on any atom is 0.253 e. The molecule has 6 nitrogen and oxygen atoms in total. The third-order valence-electron chi connectivity index (χ3n) is 3.88. The van der Waals surface area contributed by atoms with E-state index in [0.717, 1.165) is 0 Å². The van der Waals surface area contributed by atoms with Gasteiger partial charge in [-0.2, -0.15) is 4.31 Å². The summed E-state index contributed by atoms with van der Waals surface area (Å²) >= 11 is 5.70. The highest BCUT2D eigenvalue weighted by atomic mass is 35.5. The molecule has 0 bridgehead atoms. The van der Waals surface area contributed by atoms with Crippen LogP contribution in [0.15, 0.2) is 53.6 Å². The minimum absolute atomic E-state index is 0.0826. The third kappa shape index (κ3) is 3.43. The summed E-state index contributed by atoms with van der Waals surface area (Å²) in [7, 11) is -3.62. The van der Waals surface area contributed by atoms with Crippen molar-refractivity contribution in [1.82, 2.24) is 14.2 Å². The zero-order valence-corrected chi connectivity index (χ0v) is 14.4. The van der Waals surface area contributed by atoms with Crippen molar-refractivity contribution in [3.8, 4) is 0 Å². The predicted octanol–water partition coefficient (Wildman–Crippen LogP) is 1.88. The molecular weight excluding hydrogens is 350 g/mol.